The molecular weight excluding hydrogens is 759 g/mol. The van der Waals surface area contributed by atoms with Gasteiger partial charge in [-0.3, -0.25) is 9.69 Å². The maximum Gasteiger partial charge on any atom is 0.239 e. The molecule has 10 nitrogen and oxygen atoms in total. The molecule has 0 saturated carbocycles. The average Bonchev–Trinajstić information content (AvgIpc) is 3.30. The Morgan fingerprint density at radius 2 is 1.05 bits per heavy atom. The Kier molecular flexibility index (Phi) is 13.2. The molecule has 1 fully saturated rings. The van der Waals surface area contributed by atoms with Crippen LogP contribution in [0.25, 0.3) is 22.3 Å². The number of fused-ring (bicyclic) bond motifs is 1. The second-order valence-corrected chi connectivity index (χ2v) is 14.3. The summed E-state index contributed by atoms with van der Waals surface area (Å²) in [7, 11) is 1.45. The van der Waals surface area contributed by atoms with Crippen LogP contribution in [0.4, 0.5) is 0 Å². The second-order valence-electron chi connectivity index (χ2n) is 14.3. The van der Waals surface area contributed by atoms with E-state index in [4.69, 9.17) is 37.6 Å². The van der Waals surface area contributed by atoms with E-state index in [2.05, 4.69) is 4.90 Å². The first-order valence-electron chi connectivity index (χ1n) is 20.1. The lowest BCUT2D eigenvalue weighted by Crippen LogP contribution is -2.38. The number of methoxy groups -OCH3 is 1. The summed E-state index contributed by atoms with van der Waals surface area (Å²) in [6, 6.07) is 46.5. The molecule has 1 saturated heterocycles. The fourth-order valence-corrected chi connectivity index (χ4v) is 6.93. The molecule has 0 spiro atoms. The van der Waals surface area contributed by atoms with E-state index in [1.54, 1.807) is 24.3 Å². The van der Waals surface area contributed by atoms with E-state index < -0.39 is 5.43 Å². The molecule has 0 radical (unpaired) electrons. The Balaban J connectivity index is 1.23. The first kappa shape index (κ1) is 40.0. The molecule has 1 aliphatic heterocycles. The highest BCUT2D eigenvalue weighted by Crippen LogP contribution is 2.45. The van der Waals surface area contributed by atoms with E-state index >= 15 is 0 Å². The molecule has 1 aliphatic rings. The van der Waals surface area contributed by atoms with Crippen LogP contribution < -0.4 is 33.8 Å². The predicted molar refractivity (Wildman–Crippen MR) is 230 cm³/mol. The van der Waals surface area contributed by atoms with Gasteiger partial charge in [0.2, 0.25) is 16.9 Å². The fraction of sp³-hybridized carbons (Fsp3) is 0.220. The Bertz CT molecular complexity index is 2440. The van der Waals surface area contributed by atoms with Gasteiger partial charge >= 0.3 is 0 Å². The number of hydrogen-bond donors (Lipinski definition) is 0. The summed E-state index contributed by atoms with van der Waals surface area (Å²) in [6.07, 6.45) is 0. The van der Waals surface area contributed by atoms with Gasteiger partial charge in [0.05, 0.1) is 20.3 Å². The maximum absolute atomic E-state index is 14.6. The summed E-state index contributed by atoms with van der Waals surface area (Å²) < 4.78 is 50.4. The van der Waals surface area contributed by atoms with Crippen LogP contribution in [-0.2, 0) is 31.2 Å². The second kappa shape index (κ2) is 19.8. The summed E-state index contributed by atoms with van der Waals surface area (Å²) in [5.41, 5.74) is 4.24. The molecular formula is C50H47NO9. The van der Waals surface area contributed by atoms with E-state index in [0.717, 1.165) is 35.3 Å². The van der Waals surface area contributed by atoms with Gasteiger partial charge in [-0.15, -0.1) is 0 Å². The maximum atomic E-state index is 14.6. The number of morpholine rings is 1. The Morgan fingerprint density at radius 1 is 0.550 bits per heavy atom. The van der Waals surface area contributed by atoms with Gasteiger partial charge in [-0.1, -0.05) is 121 Å². The molecule has 2 heterocycles. The van der Waals surface area contributed by atoms with E-state index in [9.17, 15) is 4.79 Å². The normalized spacial score (nSPS) is 12.8. The van der Waals surface area contributed by atoms with Gasteiger partial charge < -0.3 is 37.6 Å². The van der Waals surface area contributed by atoms with Crippen molar-refractivity contribution in [3.05, 3.63) is 178 Å². The standard InChI is InChI=1S/C50H47NO9/c1-53-50-47(52)46-42(55-27-24-51-22-25-54-26-23-51)30-41(56-32-36-14-6-2-7-15-36)31-43(46)60-48(50)40-28-44(57-33-37-16-8-3-9-17-37)49(59-35-39-20-12-5-13-21-39)45(29-40)58-34-38-18-10-4-11-19-38/h2-21,28-31H,22-27,32-35H2,1H3. The molecule has 8 rings (SSSR count). The van der Waals surface area contributed by atoms with Crippen molar-refractivity contribution in [2.24, 2.45) is 0 Å². The van der Waals surface area contributed by atoms with Crippen LogP contribution in [0.3, 0.4) is 0 Å². The van der Waals surface area contributed by atoms with Crippen LogP contribution in [0.5, 0.6) is 34.5 Å². The van der Waals surface area contributed by atoms with Crippen molar-refractivity contribution in [3.63, 3.8) is 0 Å². The molecule has 10 heteroatoms. The summed E-state index contributed by atoms with van der Waals surface area (Å²) in [5, 5.41) is 0.244. The molecule has 60 heavy (non-hydrogen) atoms. The predicted octanol–water partition coefficient (Wildman–Crippen LogP) is 9.50. The van der Waals surface area contributed by atoms with Crippen molar-refractivity contribution < 1.29 is 37.6 Å². The fourth-order valence-electron chi connectivity index (χ4n) is 6.93. The molecule has 0 aliphatic carbocycles. The Morgan fingerprint density at radius 3 is 1.57 bits per heavy atom. The molecule has 306 valence electrons. The van der Waals surface area contributed by atoms with Gasteiger partial charge in [0.1, 0.15) is 55.5 Å². The van der Waals surface area contributed by atoms with Crippen molar-refractivity contribution in [2.75, 3.05) is 46.6 Å². The number of ether oxygens (including phenoxy) is 7. The molecule has 6 aromatic carbocycles. The molecule has 1 aromatic heterocycles. The quantitative estimate of drug-likeness (QED) is 0.0835. The van der Waals surface area contributed by atoms with Crippen LogP contribution in [0.15, 0.2) is 155 Å². The van der Waals surface area contributed by atoms with Gasteiger partial charge in [-0.05, 0) is 34.4 Å². The van der Waals surface area contributed by atoms with Gasteiger partial charge in [0, 0.05) is 37.3 Å². The van der Waals surface area contributed by atoms with Crippen molar-refractivity contribution in [1.29, 1.82) is 0 Å². The summed E-state index contributed by atoms with van der Waals surface area (Å²) >= 11 is 0. The minimum Gasteiger partial charge on any atom is -0.491 e. The van der Waals surface area contributed by atoms with Crippen LogP contribution in [0.2, 0.25) is 0 Å². The highest BCUT2D eigenvalue weighted by Gasteiger charge is 2.25. The summed E-state index contributed by atoms with van der Waals surface area (Å²) in [5.74, 6) is 2.20. The summed E-state index contributed by atoms with van der Waals surface area (Å²) in [6.45, 7) is 5.04. The number of benzene rings is 6. The topological polar surface area (TPSA) is 98.1 Å². The molecule has 0 unspecified atom stereocenters. The Hall–Kier alpha value is -6.75. The van der Waals surface area contributed by atoms with E-state index in [1.807, 2.05) is 121 Å². The minimum atomic E-state index is -0.396. The van der Waals surface area contributed by atoms with Crippen LogP contribution in [-0.4, -0.2) is 51.5 Å². The summed E-state index contributed by atoms with van der Waals surface area (Å²) in [4.78, 5) is 16.9. The zero-order chi connectivity index (χ0) is 40.9. The lowest BCUT2D eigenvalue weighted by Gasteiger charge is -2.26. The van der Waals surface area contributed by atoms with Gasteiger partial charge in [-0.2, -0.15) is 0 Å². The van der Waals surface area contributed by atoms with Crippen molar-refractivity contribution in [3.8, 4) is 45.8 Å². The molecule has 0 atom stereocenters. The van der Waals surface area contributed by atoms with Gasteiger partial charge in [0.15, 0.2) is 17.3 Å². The zero-order valence-corrected chi connectivity index (χ0v) is 33.5. The Labute approximate surface area is 349 Å². The van der Waals surface area contributed by atoms with Crippen molar-refractivity contribution in [2.45, 2.75) is 26.4 Å². The first-order valence-corrected chi connectivity index (χ1v) is 20.1. The first-order chi connectivity index (χ1) is 29.6. The van der Waals surface area contributed by atoms with Gasteiger partial charge in [0.25, 0.3) is 0 Å². The van der Waals surface area contributed by atoms with E-state index in [0.29, 0.717) is 67.3 Å². The third-order valence-electron chi connectivity index (χ3n) is 10.1. The van der Waals surface area contributed by atoms with Crippen LogP contribution >= 0.6 is 0 Å². The SMILES string of the molecule is COc1c(-c2cc(OCc3ccccc3)c(OCc3ccccc3)c(OCc3ccccc3)c2)oc2cc(OCc3ccccc3)cc(OCCN3CCOCC3)c2c1=O. The van der Waals surface area contributed by atoms with Crippen LogP contribution in [0, 0.1) is 0 Å². The third-order valence-corrected chi connectivity index (χ3v) is 10.1. The largest absolute Gasteiger partial charge is 0.491 e. The minimum absolute atomic E-state index is 0.000504. The lowest BCUT2D eigenvalue weighted by atomic mass is 10.1. The lowest BCUT2D eigenvalue weighted by molar-refractivity contribution is 0.0323. The number of hydrogen-bond acceptors (Lipinski definition) is 10. The smallest absolute Gasteiger partial charge is 0.239 e. The van der Waals surface area contributed by atoms with Crippen LogP contribution in [0.1, 0.15) is 22.3 Å². The van der Waals surface area contributed by atoms with Crippen molar-refractivity contribution >= 4 is 11.0 Å². The monoisotopic (exact) mass is 805 g/mol. The molecule has 7 aromatic rings. The molecule has 0 bridgehead atoms. The van der Waals surface area contributed by atoms with Crippen molar-refractivity contribution in [1.82, 2.24) is 4.90 Å². The highest BCUT2D eigenvalue weighted by atomic mass is 16.5. The van der Waals surface area contributed by atoms with Gasteiger partial charge in [-0.25, -0.2) is 0 Å². The molecule has 0 N–H and O–H groups in total. The number of rotatable bonds is 18. The average molecular weight is 806 g/mol. The number of nitrogens with zero attached hydrogens (tertiary/aromatic N) is 1. The highest BCUT2D eigenvalue weighted by molar-refractivity contribution is 5.89. The zero-order valence-electron chi connectivity index (χ0n) is 33.5. The van der Waals surface area contributed by atoms with E-state index in [-0.39, 0.29) is 42.3 Å². The van der Waals surface area contributed by atoms with E-state index in [1.165, 1.54) is 7.11 Å². The molecule has 0 amide bonds. The third kappa shape index (κ3) is 10.1.